The molecule has 1 amide bonds. The molecule has 4 rings (SSSR count). The van der Waals surface area contributed by atoms with E-state index >= 15 is 0 Å². The number of fused-ring (bicyclic) bond motifs is 2. The van der Waals surface area contributed by atoms with Gasteiger partial charge in [-0.15, -0.1) is 0 Å². The summed E-state index contributed by atoms with van der Waals surface area (Å²) in [4.78, 5) is 36.2. The molecule has 0 spiro atoms. The zero-order valence-corrected chi connectivity index (χ0v) is 15.1. The van der Waals surface area contributed by atoms with Crippen LogP contribution in [-0.4, -0.2) is 48.0 Å². The van der Waals surface area contributed by atoms with Gasteiger partial charge in [0.2, 0.25) is 0 Å². The molecule has 0 N–H and O–H groups in total. The van der Waals surface area contributed by atoms with Gasteiger partial charge in [-0.1, -0.05) is 0 Å². The molecule has 0 saturated heterocycles. The summed E-state index contributed by atoms with van der Waals surface area (Å²) in [7, 11) is 1.73. The zero-order valence-electron chi connectivity index (χ0n) is 15.1. The number of amides is 1. The number of carbonyl (C=O) groups excluding carboxylic acids is 1. The minimum absolute atomic E-state index is 0.0161. The van der Waals surface area contributed by atoms with Gasteiger partial charge in [-0.05, 0) is 20.3 Å². The minimum Gasteiger partial charge on any atom is -0.338 e. The highest BCUT2D eigenvalue weighted by molar-refractivity contribution is 5.95. The van der Waals surface area contributed by atoms with Crippen LogP contribution >= 0.6 is 0 Å². The van der Waals surface area contributed by atoms with Gasteiger partial charge in [0.25, 0.3) is 11.5 Å². The maximum atomic E-state index is 13.0. The fraction of sp³-hybridized carbons (Fsp3) is 0.389. The molecule has 0 saturated carbocycles. The van der Waals surface area contributed by atoms with Crippen molar-refractivity contribution in [2.75, 3.05) is 13.1 Å². The van der Waals surface area contributed by atoms with Crippen molar-refractivity contribution >= 4 is 11.6 Å². The summed E-state index contributed by atoms with van der Waals surface area (Å²) >= 11 is 0. The lowest BCUT2D eigenvalue weighted by molar-refractivity contribution is 0.0761. The van der Waals surface area contributed by atoms with Crippen molar-refractivity contribution in [1.82, 2.24) is 29.0 Å². The van der Waals surface area contributed by atoms with Gasteiger partial charge in [0.15, 0.2) is 5.65 Å². The molecule has 0 aromatic carbocycles. The van der Waals surface area contributed by atoms with Crippen LogP contribution in [0.4, 0.5) is 0 Å². The smallest absolute Gasteiger partial charge is 0.257 e. The van der Waals surface area contributed by atoms with Gasteiger partial charge in [-0.25, -0.2) is 14.5 Å². The van der Waals surface area contributed by atoms with Crippen LogP contribution in [0.2, 0.25) is 0 Å². The molecule has 26 heavy (non-hydrogen) atoms. The first-order valence-corrected chi connectivity index (χ1v) is 8.61. The van der Waals surface area contributed by atoms with Gasteiger partial charge in [0.1, 0.15) is 5.82 Å². The Morgan fingerprint density at radius 1 is 1.19 bits per heavy atom. The van der Waals surface area contributed by atoms with Gasteiger partial charge in [0.05, 0.1) is 23.1 Å². The monoisotopic (exact) mass is 352 g/mol. The second-order valence-corrected chi connectivity index (χ2v) is 6.60. The molecular weight excluding hydrogens is 332 g/mol. The average Bonchev–Trinajstić information content (AvgIpc) is 3.01. The van der Waals surface area contributed by atoms with Crippen molar-refractivity contribution in [3.63, 3.8) is 0 Å². The van der Waals surface area contributed by atoms with Crippen LogP contribution in [0.1, 0.15) is 33.1 Å². The highest BCUT2D eigenvalue weighted by Crippen LogP contribution is 2.16. The Morgan fingerprint density at radius 3 is 2.77 bits per heavy atom. The predicted octanol–water partition coefficient (Wildman–Crippen LogP) is 0.681. The second kappa shape index (κ2) is 6.05. The topological polar surface area (TPSA) is 85.4 Å². The molecule has 0 unspecified atom stereocenters. The van der Waals surface area contributed by atoms with E-state index in [4.69, 9.17) is 0 Å². The van der Waals surface area contributed by atoms with E-state index in [0.29, 0.717) is 48.5 Å². The third-order valence-electron chi connectivity index (χ3n) is 5.12. The molecular formula is C18H20N6O2. The first-order chi connectivity index (χ1) is 12.5. The van der Waals surface area contributed by atoms with Crippen LogP contribution in [0, 0.1) is 13.8 Å². The maximum Gasteiger partial charge on any atom is 0.257 e. The normalized spacial score (nSPS) is 14.3. The van der Waals surface area contributed by atoms with Gasteiger partial charge in [-0.2, -0.15) is 5.10 Å². The lowest BCUT2D eigenvalue weighted by atomic mass is 10.1. The summed E-state index contributed by atoms with van der Waals surface area (Å²) in [5.74, 6) is 0.603. The molecule has 8 nitrogen and oxygen atoms in total. The second-order valence-electron chi connectivity index (χ2n) is 6.60. The average molecular weight is 352 g/mol. The number of carbonyl (C=O) groups is 1. The number of nitrogens with zero attached hydrogens (tertiary/aromatic N) is 6. The molecule has 0 bridgehead atoms. The maximum absolute atomic E-state index is 13.0. The van der Waals surface area contributed by atoms with E-state index in [0.717, 1.165) is 11.4 Å². The van der Waals surface area contributed by atoms with E-state index in [1.54, 1.807) is 39.5 Å². The Bertz CT molecular complexity index is 1080. The van der Waals surface area contributed by atoms with E-state index < -0.39 is 0 Å². The van der Waals surface area contributed by atoms with E-state index in [9.17, 15) is 9.59 Å². The molecule has 8 heteroatoms. The Kier molecular flexibility index (Phi) is 3.82. The summed E-state index contributed by atoms with van der Waals surface area (Å²) < 4.78 is 3.23. The van der Waals surface area contributed by atoms with Gasteiger partial charge in [0, 0.05) is 44.4 Å². The lowest BCUT2D eigenvalue weighted by Gasteiger charge is -2.21. The van der Waals surface area contributed by atoms with Crippen molar-refractivity contribution in [3.05, 3.63) is 57.2 Å². The fourth-order valence-corrected chi connectivity index (χ4v) is 3.44. The molecule has 0 fully saturated rings. The lowest BCUT2D eigenvalue weighted by Crippen LogP contribution is -2.34. The van der Waals surface area contributed by atoms with Crippen molar-refractivity contribution in [3.8, 4) is 0 Å². The Balaban J connectivity index is 1.65. The van der Waals surface area contributed by atoms with Crippen LogP contribution in [0.15, 0.2) is 23.3 Å². The molecule has 1 aliphatic rings. The van der Waals surface area contributed by atoms with Crippen LogP contribution in [0.25, 0.3) is 5.65 Å². The van der Waals surface area contributed by atoms with Gasteiger partial charge < -0.3 is 4.90 Å². The summed E-state index contributed by atoms with van der Waals surface area (Å²) in [6.07, 6.45) is 4.36. The summed E-state index contributed by atoms with van der Waals surface area (Å²) in [6.45, 7) is 4.70. The van der Waals surface area contributed by atoms with E-state index in [1.165, 1.54) is 0 Å². The standard InChI is InChI=1S/C18H20N6O2/c1-11-14(10-19-16-4-7-20-24(11)16)18(26)23-8-5-13-15(6-9-23)21-12(2)22(3)17(13)25/h4,7,10H,5-6,8-9H2,1-3H3. The highest BCUT2D eigenvalue weighted by Gasteiger charge is 2.25. The third kappa shape index (κ3) is 2.49. The van der Waals surface area contributed by atoms with E-state index in [-0.39, 0.29) is 11.5 Å². The molecule has 0 radical (unpaired) electrons. The van der Waals surface area contributed by atoms with Crippen LogP contribution < -0.4 is 5.56 Å². The minimum atomic E-state index is -0.0891. The Hall–Kier alpha value is -3.03. The van der Waals surface area contributed by atoms with Crippen LogP contribution in [0.5, 0.6) is 0 Å². The number of aryl methyl sites for hydroxylation is 2. The Morgan fingerprint density at radius 2 is 1.96 bits per heavy atom. The largest absolute Gasteiger partial charge is 0.338 e. The molecule has 3 aromatic heterocycles. The quantitative estimate of drug-likeness (QED) is 0.643. The highest BCUT2D eigenvalue weighted by atomic mass is 16.2. The molecule has 0 aliphatic carbocycles. The molecule has 0 atom stereocenters. The predicted molar refractivity (Wildman–Crippen MR) is 95.3 cm³/mol. The molecule has 4 heterocycles. The van der Waals surface area contributed by atoms with Gasteiger partial charge in [-0.3, -0.25) is 14.2 Å². The first-order valence-electron chi connectivity index (χ1n) is 8.61. The SMILES string of the molecule is Cc1nc2c(c(=O)n1C)CCN(C(=O)c1cnc3ccnn3c1C)CC2. The van der Waals surface area contributed by atoms with Crippen LogP contribution in [0.3, 0.4) is 0 Å². The molecule has 3 aromatic rings. The van der Waals surface area contributed by atoms with Crippen molar-refractivity contribution in [2.24, 2.45) is 7.05 Å². The van der Waals surface area contributed by atoms with E-state index in [2.05, 4.69) is 15.1 Å². The summed E-state index contributed by atoms with van der Waals surface area (Å²) in [6, 6.07) is 1.80. The summed E-state index contributed by atoms with van der Waals surface area (Å²) in [5, 5.41) is 4.22. The Labute approximate surface area is 150 Å². The van der Waals surface area contributed by atoms with Crippen molar-refractivity contribution in [2.45, 2.75) is 26.7 Å². The first kappa shape index (κ1) is 16.4. The molecule has 1 aliphatic heterocycles. The van der Waals surface area contributed by atoms with Crippen molar-refractivity contribution in [1.29, 1.82) is 0 Å². The molecule has 134 valence electrons. The van der Waals surface area contributed by atoms with Crippen molar-refractivity contribution < 1.29 is 4.79 Å². The van der Waals surface area contributed by atoms with E-state index in [1.807, 2.05) is 13.8 Å². The fourth-order valence-electron chi connectivity index (χ4n) is 3.44. The van der Waals surface area contributed by atoms with Crippen LogP contribution in [-0.2, 0) is 19.9 Å². The summed E-state index contributed by atoms with van der Waals surface area (Å²) in [5.41, 5.74) is 3.51. The number of rotatable bonds is 1. The van der Waals surface area contributed by atoms with Gasteiger partial charge >= 0.3 is 0 Å². The number of aromatic nitrogens is 5. The number of hydrogen-bond donors (Lipinski definition) is 0. The number of hydrogen-bond acceptors (Lipinski definition) is 5. The zero-order chi connectivity index (χ0) is 18.4. The third-order valence-corrected chi connectivity index (χ3v) is 5.12.